The molecule has 6 aromatic rings. The Hall–Kier alpha value is -5.88. The summed E-state index contributed by atoms with van der Waals surface area (Å²) in [6.45, 7) is 11.2. The number of aryl methyl sites for hydroxylation is 2. The molecule has 0 aliphatic heterocycles. The Morgan fingerprint density at radius 2 is 0.817 bits per heavy atom. The Balaban J connectivity index is 1.23. The summed E-state index contributed by atoms with van der Waals surface area (Å²) < 4.78 is 9.11. The minimum atomic E-state index is 0.637. The van der Waals surface area contributed by atoms with Crippen LogP contribution in [0.2, 0.25) is 0 Å². The molecule has 6 heterocycles. The van der Waals surface area contributed by atoms with Crippen molar-refractivity contribution in [1.29, 1.82) is 0 Å². The van der Waals surface area contributed by atoms with Crippen LogP contribution in [-0.2, 0) is 27.2 Å². The van der Waals surface area contributed by atoms with Crippen molar-refractivity contribution in [2.45, 2.75) is 92.2 Å². The van der Waals surface area contributed by atoms with Gasteiger partial charge in [0.2, 0.25) is 0 Å². The van der Waals surface area contributed by atoms with E-state index >= 15 is 0 Å². The van der Waals surface area contributed by atoms with Crippen molar-refractivity contribution >= 4 is 48.6 Å². The first-order valence-electron chi connectivity index (χ1n) is 22.3. The van der Waals surface area contributed by atoms with E-state index < -0.39 is 0 Å². The highest BCUT2D eigenvalue weighted by molar-refractivity contribution is 5.76. The molecule has 310 valence electrons. The van der Waals surface area contributed by atoms with Gasteiger partial charge in [0.05, 0.1) is 11.4 Å². The van der Waals surface area contributed by atoms with Crippen LogP contribution < -0.4 is 9.13 Å². The Morgan fingerprint density at radius 1 is 0.467 bits per heavy atom. The highest BCUT2D eigenvalue weighted by atomic mass is 15.0. The van der Waals surface area contributed by atoms with Crippen molar-refractivity contribution in [2.75, 3.05) is 0 Å². The molecular weight excluding hydrogens is 733 g/mol. The van der Waals surface area contributed by atoms with Gasteiger partial charge in [-0.3, -0.25) is 9.97 Å². The second-order valence-corrected chi connectivity index (χ2v) is 16.3. The van der Waals surface area contributed by atoms with Crippen LogP contribution in [0.4, 0.5) is 0 Å². The molecule has 6 rings (SSSR count). The quantitative estimate of drug-likeness (QED) is 0.0681. The average molecular weight is 799 g/mol. The molecule has 0 fully saturated rings. The van der Waals surface area contributed by atoms with Gasteiger partial charge in [-0.15, -0.1) is 0 Å². The molecule has 0 saturated carbocycles. The molecule has 2 atom stereocenters. The second kappa shape index (κ2) is 22.5. The summed E-state index contributed by atoms with van der Waals surface area (Å²) in [6.07, 6.45) is 39.8. The zero-order valence-corrected chi connectivity index (χ0v) is 36.9. The van der Waals surface area contributed by atoms with Crippen LogP contribution in [0, 0.1) is 11.8 Å². The first-order chi connectivity index (χ1) is 29.3. The Bertz CT molecular complexity index is 2180. The van der Waals surface area contributed by atoms with E-state index in [4.69, 9.17) is 9.97 Å². The van der Waals surface area contributed by atoms with Crippen LogP contribution in [0.1, 0.15) is 124 Å². The topological polar surface area (TPSA) is 43.4 Å². The SMILES string of the molecule is CCCCC(CC)Cn1c(/C=C/c2cc[n+](C)cc2)ccc1/C=C/c1ccnc(-c2cc(/C=C/c3ccc(/C=C/c4cc[n+](C)cc4)n3CC(CC)CCCC)ccn2)c1. The van der Waals surface area contributed by atoms with E-state index in [0.717, 1.165) is 35.6 Å². The largest absolute Gasteiger partial charge is 0.341 e. The Morgan fingerprint density at radius 3 is 1.15 bits per heavy atom. The lowest BCUT2D eigenvalue weighted by atomic mass is 9.99. The maximum atomic E-state index is 4.77. The molecule has 0 aliphatic rings. The smallest absolute Gasteiger partial charge is 0.169 e. The van der Waals surface area contributed by atoms with Crippen molar-refractivity contribution < 1.29 is 9.13 Å². The van der Waals surface area contributed by atoms with Gasteiger partial charge in [-0.1, -0.05) is 90.5 Å². The summed E-state index contributed by atoms with van der Waals surface area (Å²) in [5, 5.41) is 0. The monoisotopic (exact) mass is 799 g/mol. The normalized spacial score (nSPS) is 13.1. The van der Waals surface area contributed by atoms with Crippen molar-refractivity contribution in [3.63, 3.8) is 0 Å². The van der Waals surface area contributed by atoms with Crippen LogP contribution in [0.5, 0.6) is 0 Å². The van der Waals surface area contributed by atoms with Crippen LogP contribution >= 0.6 is 0 Å². The molecule has 6 nitrogen and oxygen atoms in total. The van der Waals surface area contributed by atoms with Gasteiger partial charge in [-0.25, -0.2) is 9.13 Å². The molecule has 2 unspecified atom stereocenters. The van der Waals surface area contributed by atoms with Gasteiger partial charge in [0.15, 0.2) is 24.8 Å². The van der Waals surface area contributed by atoms with E-state index in [0.29, 0.717) is 11.8 Å². The fourth-order valence-corrected chi connectivity index (χ4v) is 7.71. The molecule has 0 saturated heterocycles. The second-order valence-electron chi connectivity index (χ2n) is 16.3. The zero-order valence-electron chi connectivity index (χ0n) is 36.9. The molecule has 60 heavy (non-hydrogen) atoms. The maximum Gasteiger partial charge on any atom is 0.169 e. The van der Waals surface area contributed by atoms with Gasteiger partial charge in [-0.05, 0) is 120 Å². The average Bonchev–Trinajstić information content (AvgIpc) is 3.86. The molecule has 6 aromatic heterocycles. The van der Waals surface area contributed by atoms with Crippen molar-refractivity contribution in [3.8, 4) is 11.4 Å². The van der Waals surface area contributed by atoms with Crippen LogP contribution in [0.15, 0.2) is 110 Å². The standard InChI is InChI=1S/C54H66N6/c1-7-11-13-43(9-3)41-59-49(19-15-45-29-35-57(5)36-30-45)23-25-51(59)21-17-47-27-33-55-53(39-47)54-40-48(28-34-56-54)18-22-52-26-24-50(20-16-46-31-37-58(6)38-32-46)60(52)42-44(10-4)14-12-8-2/h15-40,43-44H,7-14,41-42H2,1-6H3/q+2/b21-17+,22-18+. The lowest BCUT2D eigenvalue weighted by molar-refractivity contribution is -0.671. The molecule has 0 aromatic carbocycles. The van der Waals surface area contributed by atoms with E-state index in [2.05, 4.69) is 206 Å². The van der Waals surface area contributed by atoms with Crippen molar-refractivity contribution in [1.82, 2.24) is 19.1 Å². The highest BCUT2D eigenvalue weighted by Crippen LogP contribution is 2.25. The fraction of sp³-hybridized carbons (Fsp3) is 0.333. The van der Waals surface area contributed by atoms with E-state index in [-0.39, 0.29) is 0 Å². The fourth-order valence-electron chi connectivity index (χ4n) is 7.71. The number of hydrogen-bond donors (Lipinski definition) is 0. The summed E-state index contributed by atoms with van der Waals surface area (Å²) in [7, 11) is 4.10. The van der Waals surface area contributed by atoms with E-state index in [1.807, 2.05) is 12.4 Å². The van der Waals surface area contributed by atoms with Gasteiger partial charge in [0.25, 0.3) is 0 Å². The summed E-state index contributed by atoms with van der Waals surface area (Å²) in [5.41, 5.74) is 11.2. The van der Waals surface area contributed by atoms with Crippen LogP contribution in [0.25, 0.3) is 60.0 Å². The first kappa shape index (κ1) is 43.7. The third kappa shape index (κ3) is 12.6. The van der Waals surface area contributed by atoms with Gasteiger partial charge >= 0.3 is 0 Å². The lowest BCUT2D eigenvalue weighted by Crippen LogP contribution is -2.25. The number of hydrogen-bond acceptors (Lipinski definition) is 2. The minimum absolute atomic E-state index is 0.637. The molecular formula is C54H66N6+2. The molecule has 0 bridgehead atoms. The molecule has 0 N–H and O–H groups in total. The van der Waals surface area contributed by atoms with E-state index in [1.165, 1.54) is 85.3 Å². The van der Waals surface area contributed by atoms with Gasteiger partial charge in [0.1, 0.15) is 14.1 Å². The lowest BCUT2D eigenvalue weighted by Gasteiger charge is -2.19. The Kier molecular flexibility index (Phi) is 16.4. The third-order valence-corrected chi connectivity index (χ3v) is 11.7. The molecule has 6 heteroatoms. The number of pyridine rings is 4. The molecule has 0 aliphatic carbocycles. The Labute approximate surface area is 360 Å². The third-order valence-electron chi connectivity index (χ3n) is 11.7. The number of rotatable bonds is 21. The summed E-state index contributed by atoms with van der Waals surface area (Å²) in [6, 6.07) is 26.0. The van der Waals surface area contributed by atoms with Crippen LogP contribution in [-0.4, -0.2) is 19.1 Å². The van der Waals surface area contributed by atoms with E-state index in [1.54, 1.807) is 0 Å². The number of aromatic nitrogens is 6. The number of unbranched alkanes of at least 4 members (excludes halogenated alkanes) is 2. The minimum Gasteiger partial charge on any atom is -0.341 e. The summed E-state index contributed by atoms with van der Waals surface area (Å²) in [4.78, 5) is 9.54. The zero-order chi connectivity index (χ0) is 42.1. The summed E-state index contributed by atoms with van der Waals surface area (Å²) >= 11 is 0. The maximum absolute atomic E-state index is 4.77. The van der Waals surface area contributed by atoms with E-state index in [9.17, 15) is 0 Å². The predicted octanol–water partition coefficient (Wildman–Crippen LogP) is 12.5. The molecule has 0 amide bonds. The van der Waals surface area contributed by atoms with Crippen LogP contribution in [0.3, 0.4) is 0 Å². The number of nitrogens with zero attached hydrogens (tertiary/aromatic N) is 6. The van der Waals surface area contributed by atoms with Crippen molar-refractivity contribution in [3.05, 3.63) is 155 Å². The highest BCUT2D eigenvalue weighted by Gasteiger charge is 2.14. The predicted molar refractivity (Wildman–Crippen MR) is 254 cm³/mol. The van der Waals surface area contributed by atoms with Gasteiger partial charge in [0, 0.05) is 72.5 Å². The summed E-state index contributed by atoms with van der Waals surface area (Å²) in [5.74, 6) is 1.27. The van der Waals surface area contributed by atoms with Crippen molar-refractivity contribution in [2.24, 2.45) is 25.9 Å². The first-order valence-corrected chi connectivity index (χ1v) is 22.3. The molecule has 0 spiro atoms. The van der Waals surface area contributed by atoms with Gasteiger partial charge < -0.3 is 9.13 Å². The van der Waals surface area contributed by atoms with Gasteiger partial charge in [-0.2, -0.15) is 0 Å². The molecule has 0 radical (unpaired) electrons.